The highest BCUT2D eigenvalue weighted by Crippen LogP contribution is 2.30. The van der Waals surface area contributed by atoms with E-state index in [1.165, 1.54) is 0 Å². The zero-order valence-electron chi connectivity index (χ0n) is 11.8. The Morgan fingerprint density at radius 3 is 2.38 bits per heavy atom. The Hall–Kier alpha value is -1.71. The van der Waals surface area contributed by atoms with Crippen molar-refractivity contribution in [2.24, 2.45) is 0 Å². The first-order chi connectivity index (χ1) is 9.88. The fraction of sp³-hybridized carbons (Fsp3) is 0.188. The fourth-order valence-corrected chi connectivity index (χ4v) is 2.54. The molecule has 2 aromatic rings. The van der Waals surface area contributed by atoms with Crippen LogP contribution in [-0.2, 0) is 5.54 Å². The van der Waals surface area contributed by atoms with Crippen LogP contribution in [-0.4, -0.2) is 6.03 Å². The molecule has 5 heteroatoms. The molecule has 0 saturated heterocycles. The lowest BCUT2D eigenvalue weighted by atomic mass is 9.94. The summed E-state index contributed by atoms with van der Waals surface area (Å²) in [7, 11) is 0. The Morgan fingerprint density at radius 1 is 1.05 bits per heavy atom. The molecule has 0 atom stereocenters. The summed E-state index contributed by atoms with van der Waals surface area (Å²) in [6, 6.07) is 14.1. The highest BCUT2D eigenvalue weighted by molar-refractivity contribution is 6.33. The minimum absolute atomic E-state index is 0.303. The fourth-order valence-electron chi connectivity index (χ4n) is 2.01. The van der Waals surface area contributed by atoms with Gasteiger partial charge in [-0.2, -0.15) is 0 Å². The minimum atomic E-state index is -0.652. The molecule has 0 heterocycles. The highest BCUT2D eigenvalue weighted by Gasteiger charge is 2.25. The van der Waals surface area contributed by atoms with Crippen LogP contribution in [0.15, 0.2) is 48.5 Å². The van der Waals surface area contributed by atoms with E-state index < -0.39 is 5.54 Å². The van der Waals surface area contributed by atoms with Gasteiger partial charge in [-0.1, -0.05) is 41.4 Å². The predicted octanol–water partition coefficient (Wildman–Crippen LogP) is 5.05. The van der Waals surface area contributed by atoms with Gasteiger partial charge in [0.05, 0.1) is 5.54 Å². The van der Waals surface area contributed by atoms with Gasteiger partial charge in [0.1, 0.15) is 0 Å². The number of benzene rings is 2. The summed E-state index contributed by atoms with van der Waals surface area (Å²) in [5.41, 5.74) is 0.837. The third-order valence-corrected chi connectivity index (χ3v) is 3.62. The number of rotatable bonds is 3. The molecule has 2 rings (SSSR count). The lowest BCUT2D eigenvalue weighted by molar-refractivity contribution is 0.242. The molecule has 2 aromatic carbocycles. The number of hydrogen-bond donors (Lipinski definition) is 2. The molecule has 2 amide bonds. The number of carbonyl (C=O) groups is 1. The molecule has 3 nitrogen and oxygen atoms in total. The lowest BCUT2D eigenvalue weighted by Crippen LogP contribution is -2.43. The van der Waals surface area contributed by atoms with Gasteiger partial charge in [-0.15, -0.1) is 0 Å². The van der Waals surface area contributed by atoms with Crippen LogP contribution < -0.4 is 10.6 Å². The average Bonchev–Trinajstić information content (AvgIpc) is 2.41. The van der Waals surface area contributed by atoms with E-state index in [0.717, 1.165) is 11.3 Å². The van der Waals surface area contributed by atoms with Crippen molar-refractivity contribution in [1.29, 1.82) is 0 Å². The van der Waals surface area contributed by atoms with E-state index in [1.54, 1.807) is 18.2 Å². The average molecular weight is 323 g/mol. The molecule has 0 radical (unpaired) electrons. The largest absolute Gasteiger partial charge is 0.329 e. The quantitative estimate of drug-likeness (QED) is 0.815. The Morgan fingerprint density at radius 2 is 1.71 bits per heavy atom. The van der Waals surface area contributed by atoms with Gasteiger partial charge >= 0.3 is 6.03 Å². The van der Waals surface area contributed by atoms with Gasteiger partial charge in [-0.3, -0.25) is 0 Å². The van der Waals surface area contributed by atoms with Gasteiger partial charge in [-0.05, 0) is 49.7 Å². The molecule has 110 valence electrons. The monoisotopic (exact) mass is 322 g/mol. The number of amides is 2. The minimum Gasteiger partial charge on any atom is -0.329 e. The van der Waals surface area contributed by atoms with E-state index in [2.05, 4.69) is 10.6 Å². The zero-order valence-corrected chi connectivity index (χ0v) is 13.3. The highest BCUT2D eigenvalue weighted by atomic mass is 35.5. The molecular weight excluding hydrogens is 307 g/mol. The van der Waals surface area contributed by atoms with Crippen LogP contribution in [0.5, 0.6) is 0 Å². The molecule has 0 aliphatic heterocycles. The Bertz CT molecular complexity index is 642. The summed E-state index contributed by atoms with van der Waals surface area (Å²) in [5, 5.41) is 6.81. The molecule has 0 saturated carbocycles. The number of urea groups is 1. The zero-order chi connectivity index (χ0) is 15.5. The smallest absolute Gasteiger partial charge is 0.319 e. The predicted molar refractivity (Wildman–Crippen MR) is 88.1 cm³/mol. The second-order valence-corrected chi connectivity index (χ2v) is 6.04. The maximum atomic E-state index is 12.1. The Labute approximate surface area is 134 Å². The SMILES string of the molecule is CC(C)(NC(=O)Nc1ccccc1)c1cc(Cl)ccc1Cl. The number of para-hydroxylation sites is 1. The molecule has 0 aliphatic carbocycles. The van der Waals surface area contributed by atoms with Crippen LogP contribution in [0.2, 0.25) is 10.0 Å². The van der Waals surface area contributed by atoms with Crippen molar-refractivity contribution in [3.63, 3.8) is 0 Å². The van der Waals surface area contributed by atoms with Gasteiger partial charge in [0.2, 0.25) is 0 Å². The number of anilines is 1. The van der Waals surface area contributed by atoms with Crippen molar-refractivity contribution in [1.82, 2.24) is 5.32 Å². The van der Waals surface area contributed by atoms with E-state index in [-0.39, 0.29) is 6.03 Å². The normalized spacial score (nSPS) is 11.0. The van der Waals surface area contributed by atoms with Crippen LogP contribution >= 0.6 is 23.2 Å². The molecule has 0 aromatic heterocycles. The molecular formula is C16H16Cl2N2O. The van der Waals surface area contributed by atoms with Gasteiger partial charge in [0, 0.05) is 15.7 Å². The van der Waals surface area contributed by atoms with Crippen molar-refractivity contribution in [2.45, 2.75) is 19.4 Å². The van der Waals surface area contributed by atoms with Gasteiger partial charge in [-0.25, -0.2) is 4.79 Å². The van der Waals surface area contributed by atoms with Crippen LogP contribution in [0.4, 0.5) is 10.5 Å². The van der Waals surface area contributed by atoms with E-state index >= 15 is 0 Å². The second kappa shape index (κ2) is 6.37. The summed E-state index contributed by atoms with van der Waals surface area (Å²) in [6.45, 7) is 3.74. The number of hydrogen-bond acceptors (Lipinski definition) is 1. The Balaban J connectivity index is 2.13. The lowest BCUT2D eigenvalue weighted by Gasteiger charge is -2.28. The second-order valence-electron chi connectivity index (χ2n) is 5.19. The summed E-state index contributed by atoms with van der Waals surface area (Å²) >= 11 is 12.2. The molecule has 21 heavy (non-hydrogen) atoms. The van der Waals surface area contributed by atoms with E-state index in [1.807, 2.05) is 44.2 Å². The van der Waals surface area contributed by atoms with Crippen molar-refractivity contribution >= 4 is 34.9 Å². The molecule has 0 bridgehead atoms. The summed E-state index contributed by atoms with van der Waals surface area (Å²) in [5.74, 6) is 0. The standard InChI is InChI=1S/C16H16Cl2N2O/c1-16(2,13-10-11(17)8-9-14(13)18)20-15(21)19-12-6-4-3-5-7-12/h3-10H,1-2H3,(H2,19,20,21). The summed E-state index contributed by atoms with van der Waals surface area (Å²) in [6.07, 6.45) is 0. The topological polar surface area (TPSA) is 41.1 Å². The van der Waals surface area contributed by atoms with Crippen LogP contribution in [0.3, 0.4) is 0 Å². The third-order valence-electron chi connectivity index (χ3n) is 3.06. The molecule has 2 N–H and O–H groups in total. The molecule has 0 fully saturated rings. The van der Waals surface area contributed by atoms with E-state index in [4.69, 9.17) is 23.2 Å². The first kappa shape index (κ1) is 15.7. The van der Waals surface area contributed by atoms with Crippen LogP contribution in [0.1, 0.15) is 19.4 Å². The van der Waals surface area contributed by atoms with Gasteiger partial charge in [0.15, 0.2) is 0 Å². The Kier molecular flexibility index (Phi) is 4.76. The van der Waals surface area contributed by atoms with E-state index in [9.17, 15) is 4.79 Å². The van der Waals surface area contributed by atoms with Crippen molar-refractivity contribution < 1.29 is 4.79 Å². The molecule has 0 aliphatic rings. The van der Waals surface area contributed by atoms with Gasteiger partial charge in [0.25, 0.3) is 0 Å². The maximum Gasteiger partial charge on any atom is 0.319 e. The maximum absolute atomic E-state index is 12.1. The number of halogens is 2. The van der Waals surface area contributed by atoms with E-state index in [0.29, 0.717) is 10.0 Å². The third kappa shape index (κ3) is 4.13. The van der Waals surface area contributed by atoms with Crippen LogP contribution in [0.25, 0.3) is 0 Å². The van der Waals surface area contributed by atoms with Crippen molar-refractivity contribution in [2.75, 3.05) is 5.32 Å². The first-order valence-electron chi connectivity index (χ1n) is 6.48. The number of nitrogens with one attached hydrogen (secondary N) is 2. The van der Waals surface area contributed by atoms with Gasteiger partial charge < -0.3 is 10.6 Å². The molecule has 0 unspecified atom stereocenters. The van der Waals surface area contributed by atoms with Crippen molar-refractivity contribution in [3.8, 4) is 0 Å². The first-order valence-corrected chi connectivity index (χ1v) is 7.24. The number of carbonyl (C=O) groups excluding carboxylic acids is 1. The molecule has 0 spiro atoms. The summed E-state index contributed by atoms with van der Waals surface area (Å²) in [4.78, 5) is 12.1. The van der Waals surface area contributed by atoms with Crippen LogP contribution in [0, 0.1) is 0 Å². The summed E-state index contributed by atoms with van der Waals surface area (Å²) < 4.78 is 0. The van der Waals surface area contributed by atoms with Crippen molar-refractivity contribution in [3.05, 3.63) is 64.1 Å².